The molecule has 0 radical (unpaired) electrons. The molecule has 8 heteroatoms. The van der Waals surface area contributed by atoms with Crippen molar-refractivity contribution in [3.05, 3.63) is 35.1 Å². The van der Waals surface area contributed by atoms with Crippen LogP contribution in [0.1, 0.15) is 42.1 Å². The molecule has 23 heavy (non-hydrogen) atoms. The Labute approximate surface area is 138 Å². The number of carbonyl (C=O) groups excluding carboxylic acids is 1. The van der Waals surface area contributed by atoms with Crippen molar-refractivity contribution in [3.63, 3.8) is 0 Å². The molecule has 1 heterocycles. The van der Waals surface area contributed by atoms with Gasteiger partial charge in [-0.1, -0.05) is 6.07 Å². The summed E-state index contributed by atoms with van der Waals surface area (Å²) in [6.45, 7) is 2.11. The van der Waals surface area contributed by atoms with Crippen LogP contribution in [0.3, 0.4) is 0 Å². The standard InChI is InChI=1S/C15H18F4N2O.ClH/c1-9(20)12-7-2-3-8-21(12)14(22)10-5-4-6-11(13(10)16)15(17,18)19;/h4-6,9,12H,2-3,7-8,20H2,1H3;1H. The van der Waals surface area contributed by atoms with Gasteiger partial charge >= 0.3 is 6.18 Å². The topological polar surface area (TPSA) is 46.3 Å². The molecule has 0 aromatic heterocycles. The summed E-state index contributed by atoms with van der Waals surface area (Å²) in [7, 11) is 0. The van der Waals surface area contributed by atoms with Crippen LogP contribution in [0.2, 0.25) is 0 Å². The van der Waals surface area contributed by atoms with E-state index in [2.05, 4.69) is 0 Å². The van der Waals surface area contributed by atoms with Crippen molar-refractivity contribution in [1.82, 2.24) is 4.90 Å². The van der Waals surface area contributed by atoms with Crippen LogP contribution in [-0.4, -0.2) is 29.4 Å². The van der Waals surface area contributed by atoms with Crippen LogP contribution in [0.5, 0.6) is 0 Å². The molecule has 130 valence electrons. The summed E-state index contributed by atoms with van der Waals surface area (Å²) in [6.07, 6.45) is -2.54. The molecule has 1 saturated heterocycles. The molecule has 0 bridgehead atoms. The van der Waals surface area contributed by atoms with Gasteiger partial charge in [0.1, 0.15) is 5.82 Å². The Morgan fingerprint density at radius 1 is 1.35 bits per heavy atom. The molecule has 2 rings (SSSR count). The first-order valence-electron chi connectivity index (χ1n) is 7.15. The lowest BCUT2D eigenvalue weighted by Gasteiger charge is -2.38. The van der Waals surface area contributed by atoms with Gasteiger partial charge in [0, 0.05) is 18.6 Å². The van der Waals surface area contributed by atoms with Crippen LogP contribution in [-0.2, 0) is 6.18 Å². The Hall–Kier alpha value is -1.34. The van der Waals surface area contributed by atoms with E-state index in [0.29, 0.717) is 19.0 Å². The zero-order valence-electron chi connectivity index (χ0n) is 12.6. The van der Waals surface area contributed by atoms with Crippen molar-refractivity contribution in [1.29, 1.82) is 0 Å². The molecule has 1 aliphatic heterocycles. The van der Waals surface area contributed by atoms with Gasteiger partial charge in [-0.2, -0.15) is 13.2 Å². The molecule has 0 aliphatic carbocycles. The summed E-state index contributed by atoms with van der Waals surface area (Å²) in [5.74, 6) is -2.25. The minimum absolute atomic E-state index is 0. The number of piperidine rings is 1. The lowest BCUT2D eigenvalue weighted by atomic mass is 9.95. The van der Waals surface area contributed by atoms with E-state index in [9.17, 15) is 22.4 Å². The summed E-state index contributed by atoms with van der Waals surface area (Å²) in [5, 5.41) is 0. The summed E-state index contributed by atoms with van der Waals surface area (Å²) in [5.41, 5.74) is 3.87. The molecule has 1 aromatic rings. The van der Waals surface area contributed by atoms with Crippen LogP contribution in [0.15, 0.2) is 18.2 Å². The Kier molecular flexibility index (Phi) is 6.41. The van der Waals surface area contributed by atoms with Crippen LogP contribution < -0.4 is 5.73 Å². The second-order valence-electron chi connectivity index (χ2n) is 5.59. The minimum atomic E-state index is -4.83. The zero-order chi connectivity index (χ0) is 16.5. The molecule has 1 aromatic carbocycles. The summed E-state index contributed by atoms with van der Waals surface area (Å²) in [6, 6.07) is 2.16. The summed E-state index contributed by atoms with van der Waals surface area (Å²) >= 11 is 0. The van der Waals surface area contributed by atoms with Crippen molar-refractivity contribution in [2.24, 2.45) is 5.73 Å². The van der Waals surface area contributed by atoms with Gasteiger partial charge in [-0.15, -0.1) is 12.4 Å². The number of rotatable bonds is 2. The van der Waals surface area contributed by atoms with Gasteiger partial charge in [0.2, 0.25) is 0 Å². The van der Waals surface area contributed by atoms with Crippen molar-refractivity contribution >= 4 is 18.3 Å². The van der Waals surface area contributed by atoms with Crippen LogP contribution in [0.25, 0.3) is 0 Å². The second kappa shape index (κ2) is 7.49. The number of alkyl halides is 3. The van der Waals surface area contributed by atoms with Crippen molar-refractivity contribution < 1.29 is 22.4 Å². The van der Waals surface area contributed by atoms with E-state index in [4.69, 9.17) is 5.73 Å². The van der Waals surface area contributed by atoms with E-state index >= 15 is 0 Å². The molecule has 3 nitrogen and oxygen atoms in total. The lowest BCUT2D eigenvalue weighted by molar-refractivity contribution is -0.140. The molecule has 2 N–H and O–H groups in total. The number of halogens is 5. The largest absolute Gasteiger partial charge is 0.419 e. The van der Waals surface area contributed by atoms with E-state index in [1.54, 1.807) is 6.92 Å². The number of carbonyl (C=O) groups is 1. The van der Waals surface area contributed by atoms with Crippen molar-refractivity contribution in [2.75, 3.05) is 6.54 Å². The molecule has 1 fully saturated rings. The van der Waals surface area contributed by atoms with Crippen molar-refractivity contribution in [2.45, 2.75) is 44.4 Å². The first-order valence-corrected chi connectivity index (χ1v) is 7.15. The molecular weight excluding hydrogens is 336 g/mol. The number of nitrogens with two attached hydrogens (primary N) is 1. The maximum atomic E-state index is 14.1. The van der Waals surface area contributed by atoms with Crippen LogP contribution >= 0.6 is 12.4 Å². The number of likely N-dealkylation sites (tertiary alicyclic amines) is 1. The van der Waals surface area contributed by atoms with Gasteiger partial charge in [0.05, 0.1) is 11.1 Å². The maximum absolute atomic E-state index is 14.1. The first kappa shape index (κ1) is 19.7. The van der Waals surface area contributed by atoms with Crippen LogP contribution in [0, 0.1) is 5.82 Å². The second-order valence-corrected chi connectivity index (χ2v) is 5.59. The third-order valence-corrected chi connectivity index (χ3v) is 3.95. The van der Waals surface area contributed by atoms with E-state index in [1.165, 1.54) is 4.90 Å². The molecule has 0 saturated carbocycles. The summed E-state index contributed by atoms with van der Waals surface area (Å²) < 4.78 is 52.4. The monoisotopic (exact) mass is 354 g/mol. The molecule has 1 aliphatic rings. The summed E-state index contributed by atoms with van der Waals surface area (Å²) in [4.78, 5) is 13.9. The number of hydrogen-bond donors (Lipinski definition) is 1. The fraction of sp³-hybridized carbons (Fsp3) is 0.533. The minimum Gasteiger partial charge on any atom is -0.334 e. The zero-order valence-corrected chi connectivity index (χ0v) is 13.4. The highest BCUT2D eigenvalue weighted by Crippen LogP contribution is 2.33. The normalized spacial score (nSPS) is 19.9. The Morgan fingerprint density at radius 3 is 2.57 bits per heavy atom. The predicted molar refractivity (Wildman–Crippen MR) is 81.0 cm³/mol. The number of amides is 1. The molecule has 2 atom stereocenters. The van der Waals surface area contributed by atoms with E-state index in [0.717, 1.165) is 25.0 Å². The third-order valence-electron chi connectivity index (χ3n) is 3.95. The average Bonchev–Trinajstić information content (AvgIpc) is 2.45. The highest BCUT2D eigenvalue weighted by molar-refractivity contribution is 5.95. The first-order chi connectivity index (χ1) is 10.2. The number of benzene rings is 1. The molecule has 1 amide bonds. The fourth-order valence-corrected chi connectivity index (χ4v) is 2.83. The Morgan fingerprint density at radius 2 is 2.00 bits per heavy atom. The number of hydrogen-bond acceptors (Lipinski definition) is 2. The third kappa shape index (κ3) is 4.14. The van der Waals surface area contributed by atoms with Gasteiger partial charge in [-0.3, -0.25) is 4.79 Å². The fourth-order valence-electron chi connectivity index (χ4n) is 2.83. The van der Waals surface area contributed by atoms with Gasteiger partial charge in [-0.05, 0) is 38.3 Å². The Bertz CT molecular complexity index is 563. The molecule has 2 unspecified atom stereocenters. The highest BCUT2D eigenvalue weighted by atomic mass is 35.5. The van der Waals surface area contributed by atoms with Gasteiger partial charge < -0.3 is 10.6 Å². The maximum Gasteiger partial charge on any atom is 0.419 e. The quantitative estimate of drug-likeness (QED) is 0.825. The van der Waals surface area contributed by atoms with Crippen molar-refractivity contribution in [3.8, 4) is 0 Å². The average molecular weight is 355 g/mol. The Balaban J connectivity index is 0.00000264. The van der Waals surface area contributed by atoms with E-state index < -0.39 is 29.0 Å². The smallest absolute Gasteiger partial charge is 0.334 e. The van der Waals surface area contributed by atoms with E-state index in [-0.39, 0.29) is 24.5 Å². The van der Waals surface area contributed by atoms with Crippen LogP contribution in [0.4, 0.5) is 17.6 Å². The van der Waals surface area contributed by atoms with E-state index in [1.807, 2.05) is 0 Å². The lowest BCUT2D eigenvalue weighted by Crippen LogP contribution is -2.51. The predicted octanol–water partition coefficient (Wildman–Crippen LogP) is 3.61. The SMILES string of the molecule is CC(N)C1CCCCN1C(=O)c1cccc(C(F)(F)F)c1F.Cl. The van der Waals surface area contributed by atoms with Gasteiger partial charge in [-0.25, -0.2) is 4.39 Å². The number of nitrogens with zero attached hydrogens (tertiary/aromatic N) is 1. The molecule has 0 spiro atoms. The van der Waals surface area contributed by atoms with Gasteiger partial charge in [0.15, 0.2) is 0 Å². The highest BCUT2D eigenvalue weighted by Gasteiger charge is 2.37. The van der Waals surface area contributed by atoms with Gasteiger partial charge in [0.25, 0.3) is 5.91 Å². The molecular formula is C15H19ClF4N2O.